The summed E-state index contributed by atoms with van der Waals surface area (Å²) in [5.41, 5.74) is 13.1. The normalized spacial score (nSPS) is 11.3. The van der Waals surface area contributed by atoms with Gasteiger partial charge in [-0.2, -0.15) is 6.07 Å². The molecular formula is C66H92HfP2-6. The van der Waals surface area contributed by atoms with Gasteiger partial charge < -0.3 is 30.3 Å². The van der Waals surface area contributed by atoms with Gasteiger partial charge in [-0.3, -0.25) is 0 Å². The average Bonchev–Trinajstić information content (AvgIpc) is 4.12. The van der Waals surface area contributed by atoms with E-state index in [1.807, 2.05) is 30.3 Å². The SMILES string of the molecule is CCCCc1cccc(P(c2cccc(CCCC)c2CCCC)c2ccc[c-]2P(c2cccc(CCCC)c2CCCC)c2cccc(CCCC)c2CCCC)c1CCCC.[Hf].[cH-]1[cH-][cH-][cH-][cH-]1. The first kappa shape index (κ1) is 58.9. The van der Waals surface area contributed by atoms with Gasteiger partial charge >= 0.3 is 0 Å². The molecule has 0 aromatic heterocycles. The van der Waals surface area contributed by atoms with E-state index in [1.165, 1.54) is 154 Å². The minimum atomic E-state index is -0.839. The van der Waals surface area contributed by atoms with E-state index in [9.17, 15) is 0 Å². The van der Waals surface area contributed by atoms with Gasteiger partial charge in [-0.25, -0.2) is 12.1 Å². The third-order valence-electron chi connectivity index (χ3n) is 14.1. The molecule has 0 nitrogen and oxygen atoms in total. The summed E-state index contributed by atoms with van der Waals surface area (Å²) in [6.07, 6.45) is 29.3. The summed E-state index contributed by atoms with van der Waals surface area (Å²) < 4.78 is 0. The molecular weight excluding hydrogens is 1030 g/mol. The van der Waals surface area contributed by atoms with Crippen LogP contribution in [0.2, 0.25) is 0 Å². The Morgan fingerprint density at radius 1 is 0.333 bits per heavy atom. The van der Waals surface area contributed by atoms with Crippen LogP contribution in [0.4, 0.5) is 0 Å². The first-order chi connectivity index (χ1) is 33.5. The van der Waals surface area contributed by atoms with Crippen molar-refractivity contribution in [1.82, 2.24) is 0 Å². The minimum absolute atomic E-state index is 0. The molecule has 6 aromatic rings. The van der Waals surface area contributed by atoms with Crippen LogP contribution in [-0.2, 0) is 77.2 Å². The molecule has 0 spiro atoms. The number of benzene rings is 4. The van der Waals surface area contributed by atoms with Crippen molar-refractivity contribution in [2.75, 3.05) is 0 Å². The van der Waals surface area contributed by atoms with Crippen molar-refractivity contribution in [2.24, 2.45) is 0 Å². The van der Waals surface area contributed by atoms with Crippen LogP contribution >= 0.6 is 15.8 Å². The topological polar surface area (TPSA) is 0 Å². The van der Waals surface area contributed by atoms with Gasteiger partial charge in [-0.1, -0.05) is 187 Å². The molecule has 6 rings (SSSR count). The van der Waals surface area contributed by atoms with Gasteiger partial charge in [-0.15, -0.1) is 10.6 Å². The fourth-order valence-corrected chi connectivity index (χ4v) is 16.5. The van der Waals surface area contributed by atoms with Crippen LogP contribution in [0.5, 0.6) is 0 Å². The molecule has 0 amide bonds. The Hall–Kier alpha value is -2.69. The van der Waals surface area contributed by atoms with Crippen LogP contribution < -0.4 is 31.8 Å². The van der Waals surface area contributed by atoms with Crippen molar-refractivity contribution >= 4 is 47.7 Å². The van der Waals surface area contributed by atoms with Gasteiger partial charge in [0.2, 0.25) is 0 Å². The van der Waals surface area contributed by atoms with Crippen molar-refractivity contribution < 1.29 is 25.8 Å². The molecule has 6 aromatic carbocycles. The Kier molecular flexibility index (Phi) is 28.9. The van der Waals surface area contributed by atoms with E-state index in [1.54, 1.807) is 76.3 Å². The molecule has 0 aliphatic rings. The molecule has 0 N–H and O–H groups in total. The van der Waals surface area contributed by atoms with E-state index in [0.29, 0.717) is 0 Å². The molecule has 0 saturated carbocycles. The zero-order valence-electron chi connectivity index (χ0n) is 44.9. The quantitative estimate of drug-likeness (QED) is 0.0240. The second-order valence-corrected chi connectivity index (χ2v) is 23.6. The molecule has 0 bridgehead atoms. The standard InChI is InChI=1S/C61H87P2.C5H5.Hf/c1-9-17-30-48-34-25-42-56(52(48)38-21-13-5)62(57-43-26-35-49(31-18-10-2)53(57)39-22-14-6)60-46-29-47-61(60)63(58-44-27-36-50(32-19-11-3)54(58)40-23-15-7)59-45-28-37-51(33-20-12-4)55(59)41-24-16-8;1-2-4-5-3-1;/h25-29,34-37,42-47H,9-24,30-33,38-41H2,1-8H3;1-5H;/q-1;-5;. The summed E-state index contributed by atoms with van der Waals surface area (Å²) in [4.78, 5) is 0. The molecule has 0 aliphatic heterocycles. The maximum absolute atomic E-state index is 2.63. The Bertz CT molecular complexity index is 1990. The monoisotopic (exact) mass is 1130 g/mol. The first-order valence-corrected chi connectivity index (χ1v) is 30.6. The van der Waals surface area contributed by atoms with Gasteiger partial charge in [-0.05, 0) is 176 Å². The van der Waals surface area contributed by atoms with E-state index in [2.05, 4.69) is 146 Å². The Labute approximate surface area is 445 Å². The Balaban J connectivity index is 0.00000162. The molecule has 3 heteroatoms. The zero-order chi connectivity index (χ0) is 48.4. The van der Waals surface area contributed by atoms with E-state index in [-0.39, 0.29) is 25.8 Å². The zero-order valence-corrected chi connectivity index (χ0v) is 50.3. The first-order valence-electron chi connectivity index (χ1n) is 28.0. The van der Waals surface area contributed by atoms with Crippen molar-refractivity contribution in [1.29, 1.82) is 0 Å². The predicted octanol–water partition coefficient (Wildman–Crippen LogP) is 17.1. The minimum Gasteiger partial charge on any atom is -0.748 e. The molecule has 0 atom stereocenters. The van der Waals surface area contributed by atoms with Crippen LogP contribution in [0, 0.1) is 0 Å². The Morgan fingerprint density at radius 3 is 0.913 bits per heavy atom. The van der Waals surface area contributed by atoms with E-state index < -0.39 is 15.8 Å². The van der Waals surface area contributed by atoms with E-state index >= 15 is 0 Å². The maximum atomic E-state index is 2.63. The second kappa shape index (κ2) is 33.9. The predicted molar refractivity (Wildman–Crippen MR) is 310 cm³/mol. The Morgan fingerprint density at radius 2 is 0.609 bits per heavy atom. The molecule has 0 saturated heterocycles. The molecule has 376 valence electrons. The van der Waals surface area contributed by atoms with Gasteiger partial charge in [0.05, 0.1) is 0 Å². The van der Waals surface area contributed by atoms with E-state index in [4.69, 9.17) is 0 Å². The summed E-state index contributed by atoms with van der Waals surface area (Å²) >= 11 is 0. The molecule has 0 heterocycles. The van der Waals surface area contributed by atoms with Gasteiger partial charge in [0, 0.05) is 25.8 Å². The molecule has 0 unspecified atom stereocenters. The van der Waals surface area contributed by atoms with E-state index in [0.717, 1.165) is 0 Å². The van der Waals surface area contributed by atoms with Crippen LogP contribution in [0.1, 0.15) is 203 Å². The third kappa shape index (κ3) is 16.9. The number of aryl methyl sites for hydroxylation is 4. The van der Waals surface area contributed by atoms with Crippen LogP contribution in [0.25, 0.3) is 0 Å². The number of unbranched alkanes of at least 4 members (excludes halogenated alkanes) is 8. The third-order valence-corrected chi connectivity index (χ3v) is 19.6. The average molecular weight is 1130 g/mol. The smallest absolute Gasteiger partial charge is 0 e. The summed E-state index contributed by atoms with van der Waals surface area (Å²) in [5, 5.41) is 9.84. The van der Waals surface area contributed by atoms with Crippen LogP contribution in [0.15, 0.2) is 121 Å². The summed E-state index contributed by atoms with van der Waals surface area (Å²) in [7, 11) is -1.68. The summed E-state index contributed by atoms with van der Waals surface area (Å²) in [5.74, 6) is 0. The summed E-state index contributed by atoms with van der Waals surface area (Å²) in [6, 6.07) is 47.9. The van der Waals surface area contributed by atoms with Crippen LogP contribution in [-0.4, -0.2) is 0 Å². The molecule has 69 heavy (non-hydrogen) atoms. The second-order valence-electron chi connectivity index (χ2n) is 19.4. The maximum Gasteiger partial charge on any atom is 0 e. The summed E-state index contributed by atoms with van der Waals surface area (Å²) in [6.45, 7) is 19.0. The fourth-order valence-electron chi connectivity index (χ4n) is 10.2. The van der Waals surface area contributed by atoms with Crippen molar-refractivity contribution in [3.05, 3.63) is 166 Å². The number of hydrogen-bond acceptors (Lipinski definition) is 0. The van der Waals surface area contributed by atoms with Crippen molar-refractivity contribution in [3.8, 4) is 0 Å². The van der Waals surface area contributed by atoms with Gasteiger partial charge in [0.25, 0.3) is 0 Å². The van der Waals surface area contributed by atoms with Gasteiger partial charge in [0.15, 0.2) is 0 Å². The largest absolute Gasteiger partial charge is 0.748 e. The molecule has 0 radical (unpaired) electrons. The van der Waals surface area contributed by atoms with Crippen LogP contribution in [0.3, 0.4) is 0 Å². The van der Waals surface area contributed by atoms with Gasteiger partial charge in [0.1, 0.15) is 0 Å². The molecule has 0 aliphatic carbocycles. The molecule has 0 fully saturated rings. The fraction of sp³-hybridized carbons (Fsp3) is 0.485. The van der Waals surface area contributed by atoms with Crippen molar-refractivity contribution in [3.63, 3.8) is 0 Å². The van der Waals surface area contributed by atoms with Crippen molar-refractivity contribution in [2.45, 2.75) is 209 Å². The number of rotatable bonds is 30. The number of hydrogen-bond donors (Lipinski definition) is 0.